The molecule has 23 heavy (non-hydrogen) atoms. The maximum atomic E-state index is 11.8. The van der Waals surface area contributed by atoms with Crippen LogP contribution in [0, 0.1) is 0 Å². The summed E-state index contributed by atoms with van der Waals surface area (Å²) in [6.07, 6.45) is 4.98. The maximum absolute atomic E-state index is 11.8. The first kappa shape index (κ1) is 15.4. The van der Waals surface area contributed by atoms with Crippen molar-refractivity contribution in [1.82, 2.24) is 4.98 Å². The van der Waals surface area contributed by atoms with Crippen LogP contribution in [0.3, 0.4) is 0 Å². The van der Waals surface area contributed by atoms with Gasteiger partial charge in [-0.25, -0.2) is 9.78 Å². The molecule has 0 amide bonds. The number of thiazole rings is 1. The van der Waals surface area contributed by atoms with Crippen LogP contribution in [0.1, 0.15) is 27.9 Å². The number of hydrogen-bond acceptors (Lipinski definition) is 4. The van der Waals surface area contributed by atoms with Crippen LogP contribution in [0.2, 0.25) is 0 Å². The van der Waals surface area contributed by atoms with Crippen LogP contribution in [-0.4, -0.2) is 17.6 Å². The molecule has 0 N–H and O–H groups in total. The molecule has 0 bridgehead atoms. The zero-order valence-electron chi connectivity index (χ0n) is 12.9. The summed E-state index contributed by atoms with van der Waals surface area (Å²) in [6, 6.07) is 15.7. The van der Waals surface area contributed by atoms with E-state index in [1.807, 2.05) is 24.3 Å². The quantitative estimate of drug-likeness (QED) is 0.637. The van der Waals surface area contributed by atoms with Crippen LogP contribution in [0.4, 0.5) is 0 Å². The maximum Gasteiger partial charge on any atom is 0.338 e. The highest BCUT2D eigenvalue weighted by Crippen LogP contribution is 2.24. The van der Waals surface area contributed by atoms with Gasteiger partial charge in [-0.2, -0.15) is 0 Å². The number of aromatic nitrogens is 1. The van der Waals surface area contributed by atoms with E-state index in [0.717, 1.165) is 21.6 Å². The normalized spacial score (nSPS) is 11.2. The van der Waals surface area contributed by atoms with Crippen molar-refractivity contribution >= 4 is 33.6 Å². The zero-order valence-corrected chi connectivity index (χ0v) is 13.7. The minimum Gasteiger partial charge on any atom is -0.462 e. The molecule has 0 saturated carbocycles. The van der Waals surface area contributed by atoms with E-state index in [2.05, 4.69) is 29.3 Å². The van der Waals surface area contributed by atoms with E-state index >= 15 is 0 Å². The first-order valence-corrected chi connectivity index (χ1v) is 8.36. The van der Waals surface area contributed by atoms with Crippen molar-refractivity contribution in [1.29, 1.82) is 0 Å². The van der Waals surface area contributed by atoms with Gasteiger partial charge >= 0.3 is 5.97 Å². The van der Waals surface area contributed by atoms with Crippen molar-refractivity contribution in [3.05, 3.63) is 70.7 Å². The lowest BCUT2D eigenvalue weighted by Gasteiger charge is -2.00. The molecule has 0 aliphatic rings. The molecule has 3 nitrogen and oxygen atoms in total. The smallest absolute Gasteiger partial charge is 0.338 e. The van der Waals surface area contributed by atoms with Gasteiger partial charge in [-0.05, 0) is 30.7 Å². The molecule has 3 aromatic rings. The number of carbonyl (C=O) groups excluding carboxylic acids is 1. The molecular formula is C19H17NO2S. The average Bonchev–Trinajstić information content (AvgIpc) is 2.98. The summed E-state index contributed by atoms with van der Waals surface area (Å²) in [4.78, 5) is 16.4. The fourth-order valence-corrected chi connectivity index (χ4v) is 3.19. The second-order valence-electron chi connectivity index (χ2n) is 5.03. The molecular weight excluding hydrogens is 306 g/mol. The van der Waals surface area contributed by atoms with Crippen LogP contribution in [0.25, 0.3) is 16.3 Å². The van der Waals surface area contributed by atoms with Crippen LogP contribution in [0.5, 0.6) is 0 Å². The number of nitrogens with zero attached hydrogens (tertiary/aromatic N) is 1. The Labute approximate surface area is 139 Å². The van der Waals surface area contributed by atoms with Crippen LogP contribution >= 0.6 is 11.3 Å². The second-order valence-corrected chi connectivity index (χ2v) is 6.14. The summed E-state index contributed by atoms with van der Waals surface area (Å²) in [7, 11) is 0. The van der Waals surface area contributed by atoms with Crippen molar-refractivity contribution in [3.8, 4) is 0 Å². The number of allylic oxidation sites excluding steroid dienone is 1. The predicted octanol–water partition coefficient (Wildman–Crippen LogP) is 4.73. The van der Waals surface area contributed by atoms with Gasteiger partial charge in [0.2, 0.25) is 0 Å². The zero-order chi connectivity index (χ0) is 16.1. The second kappa shape index (κ2) is 7.20. The number of rotatable bonds is 5. The first-order chi connectivity index (χ1) is 11.3. The highest BCUT2D eigenvalue weighted by molar-refractivity contribution is 7.18. The molecule has 0 radical (unpaired) electrons. The summed E-state index contributed by atoms with van der Waals surface area (Å²) in [6.45, 7) is 2.18. The molecule has 116 valence electrons. The van der Waals surface area contributed by atoms with Gasteiger partial charge in [-0.3, -0.25) is 0 Å². The predicted molar refractivity (Wildman–Crippen MR) is 94.8 cm³/mol. The molecule has 3 rings (SSSR count). The van der Waals surface area contributed by atoms with Crippen molar-refractivity contribution in [2.45, 2.75) is 13.3 Å². The van der Waals surface area contributed by atoms with Gasteiger partial charge in [-0.1, -0.05) is 42.5 Å². The van der Waals surface area contributed by atoms with Gasteiger partial charge in [0.25, 0.3) is 0 Å². The first-order valence-electron chi connectivity index (χ1n) is 7.54. The fourth-order valence-electron chi connectivity index (χ4n) is 2.26. The van der Waals surface area contributed by atoms with Crippen molar-refractivity contribution in [3.63, 3.8) is 0 Å². The summed E-state index contributed by atoms with van der Waals surface area (Å²) in [5.41, 5.74) is 2.58. The van der Waals surface area contributed by atoms with Gasteiger partial charge in [0.05, 0.1) is 27.4 Å². The molecule has 0 spiro atoms. The number of hydrogen-bond donors (Lipinski definition) is 0. The number of fused-ring (bicyclic) bond motifs is 1. The third kappa shape index (κ3) is 3.85. The van der Waals surface area contributed by atoms with Gasteiger partial charge in [0.15, 0.2) is 0 Å². The Kier molecular flexibility index (Phi) is 4.83. The van der Waals surface area contributed by atoms with Crippen LogP contribution < -0.4 is 0 Å². The van der Waals surface area contributed by atoms with Crippen molar-refractivity contribution in [2.75, 3.05) is 6.61 Å². The molecule has 0 unspecified atom stereocenters. The van der Waals surface area contributed by atoms with E-state index in [1.54, 1.807) is 30.4 Å². The molecule has 4 heteroatoms. The monoisotopic (exact) mass is 323 g/mol. The fraction of sp³-hybridized carbons (Fsp3) is 0.158. The van der Waals surface area contributed by atoms with Crippen molar-refractivity contribution in [2.24, 2.45) is 0 Å². The molecule has 2 aromatic carbocycles. The number of ether oxygens (including phenoxy) is 1. The number of benzene rings is 2. The standard InChI is InChI=1S/C19H17NO2S/c1-2-22-19(21)15-11-12-17-16(13-15)20-18(23-17)10-6-9-14-7-4-3-5-8-14/h3-9,11-13H,2,10H2,1H3/b9-6+. The van der Waals surface area contributed by atoms with Crippen LogP contribution in [-0.2, 0) is 11.2 Å². The average molecular weight is 323 g/mol. The Morgan fingerprint density at radius 3 is 2.83 bits per heavy atom. The Hall–Kier alpha value is -2.46. The van der Waals surface area contributed by atoms with Gasteiger partial charge in [0.1, 0.15) is 0 Å². The van der Waals surface area contributed by atoms with E-state index in [9.17, 15) is 4.79 Å². The highest BCUT2D eigenvalue weighted by Gasteiger charge is 2.09. The van der Waals surface area contributed by atoms with E-state index < -0.39 is 0 Å². The molecule has 1 heterocycles. The van der Waals surface area contributed by atoms with Gasteiger partial charge < -0.3 is 4.74 Å². The topological polar surface area (TPSA) is 39.2 Å². The highest BCUT2D eigenvalue weighted by atomic mass is 32.1. The lowest BCUT2D eigenvalue weighted by molar-refractivity contribution is 0.0526. The van der Waals surface area contributed by atoms with Gasteiger partial charge in [0, 0.05) is 6.42 Å². The van der Waals surface area contributed by atoms with E-state index in [0.29, 0.717) is 12.2 Å². The Balaban J connectivity index is 1.75. The third-order valence-electron chi connectivity index (χ3n) is 3.35. The SMILES string of the molecule is CCOC(=O)c1ccc2sc(C/C=C/c3ccccc3)nc2c1. The lowest BCUT2D eigenvalue weighted by Crippen LogP contribution is -2.03. The molecule has 0 atom stereocenters. The van der Waals surface area contributed by atoms with Crippen LogP contribution in [0.15, 0.2) is 54.6 Å². The largest absolute Gasteiger partial charge is 0.462 e. The van der Waals surface area contributed by atoms with Crippen molar-refractivity contribution < 1.29 is 9.53 Å². The Morgan fingerprint density at radius 1 is 1.22 bits per heavy atom. The Morgan fingerprint density at radius 2 is 2.04 bits per heavy atom. The lowest BCUT2D eigenvalue weighted by atomic mass is 10.2. The summed E-state index contributed by atoms with van der Waals surface area (Å²) in [5.74, 6) is -0.298. The molecule has 0 aliphatic heterocycles. The van der Waals surface area contributed by atoms with E-state index in [1.165, 1.54) is 5.56 Å². The number of carbonyl (C=O) groups is 1. The van der Waals surface area contributed by atoms with Gasteiger partial charge in [-0.15, -0.1) is 11.3 Å². The van der Waals surface area contributed by atoms with E-state index in [4.69, 9.17) is 4.74 Å². The molecule has 1 aromatic heterocycles. The molecule has 0 fully saturated rings. The molecule has 0 aliphatic carbocycles. The minimum absolute atomic E-state index is 0.298. The summed E-state index contributed by atoms with van der Waals surface area (Å²) in [5, 5.41) is 1.04. The summed E-state index contributed by atoms with van der Waals surface area (Å²) >= 11 is 1.65. The molecule has 0 saturated heterocycles. The third-order valence-corrected chi connectivity index (χ3v) is 4.40. The Bertz CT molecular complexity index is 837. The van der Waals surface area contributed by atoms with E-state index in [-0.39, 0.29) is 5.97 Å². The minimum atomic E-state index is -0.298. The summed E-state index contributed by atoms with van der Waals surface area (Å²) < 4.78 is 6.11. The number of esters is 1.